The molecule has 0 spiro atoms. The molecule has 2 aromatic rings. The lowest BCUT2D eigenvalue weighted by Crippen LogP contribution is -2.38. The van der Waals surface area contributed by atoms with Gasteiger partial charge in [0, 0.05) is 31.7 Å². The fourth-order valence-electron chi connectivity index (χ4n) is 2.35. The van der Waals surface area contributed by atoms with Crippen molar-refractivity contribution in [1.82, 2.24) is 9.88 Å². The smallest absolute Gasteiger partial charge is 0.313 e. The van der Waals surface area contributed by atoms with E-state index in [1.807, 2.05) is 44.2 Å². The Morgan fingerprint density at radius 3 is 2.30 bits per heavy atom. The van der Waals surface area contributed by atoms with Crippen LogP contribution in [-0.4, -0.2) is 35.3 Å². The lowest BCUT2D eigenvalue weighted by molar-refractivity contribution is -0.142. The molecule has 1 aromatic heterocycles. The minimum absolute atomic E-state index is 0.475. The van der Waals surface area contributed by atoms with Crippen molar-refractivity contribution in [2.45, 2.75) is 20.3 Å². The predicted molar refractivity (Wildman–Crippen MR) is 90.1 cm³/mol. The summed E-state index contributed by atoms with van der Waals surface area (Å²) in [6.45, 7) is 4.37. The standard InChI is InChI=1S/C18H21N3O2/c1-13-10-14(2)12-16(11-13)20-17(22)18(23)21(3)9-6-15-4-7-19-8-5-15/h4-5,7-8,10-12H,6,9H2,1-3H3,(H,20,22). The largest absolute Gasteiger partial charge is 0.337 e. The number of rotatable bonds is 4. The van der Waals surface area contributed by atoms with E-state index in [0.29, 0.717) is 18.7 Å². The van der Waals surface area contributed by atoms with E-state index in [9.17, 15) is 9.59 Å². The van der Waals surface area contributed by atoms with Crippen LogP contribution in [0.5, 0.6) is 0 Å². The molecule has 2 amide bonds. The maximum atomic E-state index is 12.1. The Hall–Kier alpha value is -2.69. The molecule has 0 fully saturated rings. The monoisotopic (exact) mass is 311 g/mol. The Labute approximate surface area is 136 Å². The summed E-state index contributed by atoms with van der Waals surface area (Å²) in [5.74, 6) is -1.16. The summed E-state index contributed by atoms with van der Waals surface area (Å²) in [5, 5.41) is 2.66. The maximum Gasteiger partial charge on any atom is 0.313 e. The number of hydrogen-bond donors (Lipinski definition) is 1. The zero-order valence-electron chi connectivity index (χ0n) is 13.7. The predicted octanol–water partition coefficient (Wildman–Crippen LogP) is 2.34. The van der Waals surface area contributed by atoms with Crippen LogP contribution in [0.2, 0.25) is 0 Å². The van der Waals surface area contributed by atoms with Crippen LogP contribution in [-0.2, 0) is 16.0 Å². The SMILES string of the molecule is Cc1cc(C)cc(NC(=O)C(=O)N(C)CCc2ccncc2)c1. The number of pyridine rings is 1. The zero-order valence-corrected chi connectivity index (χ0v) is 13.7. The van der Waals surface area contributed by atoms with Crippen LogP contribution in [0.4, 0.5) is 5.69 Å². The molecule has 5 nitrogen and oxygen atoms in total. The summed E-state index contributed by atoms with van der Waals surface area (Å²) in [6, 6.07) is 9.49. The van der Waals surface area contributed by atoms with Crippen LogP contribution in [0, 0.1) is 13.8 Å². The summed E-state index contributed by atoms with van der Waals surface area (Å²) in [4.78, 5) is 29.6. The number of anilines is 1. The highest BCUT2D eigenvalue weighted by molar-refractivity contribution is 6.39. The van der Waals surface area contributed by atoms with Gasteiger partial charge in [-0.1, -0.05) is 6.07 Å². The zero-order chi connectivity index (χ0) is 16.8. The van der Waals surface area contributed by atoms with Crippen LogP contribution >= 0.6 is 0 Å². The summed E-state index contributed by atoms with van der Waals surface area (Å²) >= 11 is 0. The summed E-state index contributed by atoms with van der Waals surface area (Å²) in [5.41, 5.74) is 3.80. The van der Waals surface area contributed by atoms with Crippen molar-refractivity contribution in [3.05, 3.63) is 59.4 Å². The van der Waals surface area contributed by atoms with Gasteiger partial charge in [-0.05, 0) is 61.2 Å². The first-order valence-electron chi connectivity index (χ1n) is 7.49. The second-order valence-electron chi connectivity index (χ2n) is 5.66. The van der Waals surface area contributed by atoms with Gasteiger partial charge in [0.1, 0.15) is 0 Å². The molecule has 5 heteroatoms. The third-order valence-electron chi connectivity index (χ3n) is 3.51. The molecule has 0 aliphatic carbocycles. The van der Waals surface area contributed by atoms with Gasteiger partial charge in [0.25, 0.3) is 0 Å². The molecule has 23 heavy (non-hydrogen) atoms. The molecule has 1 N–H and O–H groups in total. The fourth-order valence-corrected chi connectivity index (χ4v) is 2.35. The minimum atomic E-state index is -0.618. The van der Waals surface area contributed by atoms with Crippen molar-refractivity contribution in [3.8, 4) is 0 Å². The normalized spacial score (nSPS) is 10.2. The van der Waals surface area contributed by atoms with Gasteiger partial charge in [0.2, 0.25) is 0 Å². The van der Waals surface area contributed by atoms with Crippen molar-refractivity contribution < 1.29 is 9.59 Å². The van der Waals surface area contributed by atoms with Gasteiger partial charge in [-0.2, -0.15) is 0 Å². The van der Waals surface area contributed by atoms with Gasteiger partial charge in [0.15, 0.2) is 0 Å². The van der Waals surface area contributed by atoms with Crippen molar-refractivity contribution in [2.75, 3.05) is 18.9 Å². The van der Waals surface area contributed by atoms with Crippen LogP contribution < -0.4 is 5.32 Å². The van der Waals surface area contributed by atoms with Gasteiger partial charge in [-0.25, -0.2) is 0 Å². The Morgan fingerprint density at radius 1 is 1.09 bits per heavy atom. The van der Waals surface area contributed by atoms with Crippen LogP contribution in [0.15, 0.2) is 42.7 Å². The first-order chi connectivity index (χ1) is 11.0. The van der Waals surface area contributed by atoms with Crippen LogP contribution in [0.3, 0.4) is 0 Å². The topological polar surface area (TPSA) is 62.3 Å². The van der Waals surface area contributed by atoms with Crippen molar-refractivity contribution in [1.29, 1.82) is 0 Å². The summed E-state index contributed by atoms with van der Waals surface area (Å²) in [6.07, 6.45) is 4.11. The van der Waals surface area contributed by atoms with Gasteiger partial charge >= 0.3 is 11.8 Å². The number of benzene rings is 1. The average Bonchev–Trinajstić information content (AvgIpc) is 2.51. The Balaban J connectivity index is 1.92. The quantitative estimate of drug-likeness (QED) is 0.882. The maximum absolute atomic E-state index is 12.1. The van der Waals surface area contributed by atoms with Crippen LogP contribution in [0.1, 0.15) is 16.7 Å². The highest BCUT2D eigenvalue weighted by atomic mass is 16.2. The van der Waals surface area contributed by atoms with Crippen molar-refractivity contribution >= 4 is 17.5 Å². The minimum Gasteiger partial charge on any atom is -0.337 e. The lowest BCUT2D eigenvalue weighted by atomic mass is 10.1. The number of likely N-dealkylation sites (N-methyl/N-ethyl adjacent to an activating group) is 1. The number of aryl methyl sites for hydroxylation is 2. The molecular weight excluding hydrogens is 290 g/mol. The summed E-state index contributed by atoms with van der Waals surface area (Å²) in [7, 11) is 1.63. The average molecular weight is 311 g/mol. The Bertz CT molecular complexity index is 678. The number of hydrogen-bond acceptors (Lipinski definition) is 3. The number of carbonyl (C=O) groups is 2. The molecule has 0 aliphatic rings. The fraction of sp³-hybridized carbons (Fsp3) is 0.278. The van der Waals surface area contributed by atoms with Crippen LogP contribution in [0.25, 0.3) is 0 Å². The van der Waals surface area contributed by atoms with Crippen molar-refractivity contribution in [3.63, 3.8) is 0 Å². The van der Waals surface area contributed by atoms with E-state index >= 15 is 0 Å². The third-order valence-corrected chi connectivity index (χ3v) is 3.51. The third kappa shape index (κ3) is 4.92. The number of carbonyl (C=O) groups excluding carboxylic acids is 2. The van der Waals surface area contributed by atoms with E-state index in [1.165, 1.54) is 4.90 Å². The molecule has 0 saturated heterocycles. The molecule has 120 valence electrons. The first kappa shape index (κ1) is 16.7. The summed E-state index contributed by atoms with van der Waals surface area (Å²) < 4.78 is 0. The first-order valence-corrected chi connectivity index (χ1v) is 7.49. The molecule has 0 radical (unpaired) electrons. The molecule has 0 aliphatic heterocycles. The number of nitrogens with zero attached hydrogens (tertiary/aromatic N) is 2. The highest BCUT2D eigenvalue weighted by Crippen LogP contribution is 2.13. The number of nitrogens with one attached hydrogen (secondary N) is 1. The van der Waals surface area contributed by atoms with E-state index in [1.54, 1.807) is 19.4 Å². The lowest BCUT2D eigenvalue weighted by Gasteiger charge is -2.17. The van der Waals surface area contributed by atoms with Crippen molar-refractivity contribution in [2.24, 2.45) is 0 Å². The van der Waals surface area contributed by atoms with Gasteiger partial charge < -0.3 is 10.2 Å². The van der Waals surface area contributed by atoms with Gasteiger partial charge in [0.05, 0.1) is 0 Å². The van der Waals surface area contributed by atoms with Gasteiger partial charge in [-0.15, -0.1) is 0 Å². The molecule has 0 bridgehead atoms. The Morgan fingerprint density at radius 2 is 1.70 bits per heavy atom. The van der Waals surface area contributed by atoms with E-state index in [2.05, 4.69) is 10.3 Å². The Kier molecular flexibility index (Phi) is 5.46. The molecule has 0 atom stereocenters. The van der Waals surface area contributed by atoms with E-state index in [0.717, 1.165) is 16.7 Å². The molecular formula is C18H21N3O2. The molecule has 0 unspecified atom stereocenters. The molecule has 1 heterocycles. The number of amides is 2. The molecule has 1 aromatic carbocycles. The highest BCUT2D eigenvalue weighted by Gasteiger charge is 2.18. The second-order valence-corrected chi connectivity index (χ2v) is 5.66. The molecule has 2 rings (SSSR count). The van der Waals surface area contributed by atoms with Gasteiger partial charge in [-0.3, -0.25) is 14.6 Å². The number of aromatic nitrogens is 1. The second kappa shape index (κ2) is 7.54. The molecule has 0 saturated carbocycles. The van der Waals surface area contributed by atoms with E-state index in [4.69, 9.17) is 0 Å². The van der Waals surface area contributed by atoms with E-state index in [-0.39, 0.29) is 0 Å². The van der Waals surface area contributed by atoms with E-state index < -0.39 is 11.8 Å².